The van der Waals surface area contributed by atoms with Gasteiger partial charge in [0, 0.05) is 25.2 Å². The molecule has 1 aromatic heterocycles. The number of morpholine rings is 1. The highest BCUT2D eigenvalue weighted by molar-refractivity contribution is 6.30. The number of rotatable bonds is 4. The molecule has 2 heterocycles. The van der Waals surface area contributed by atoms with Crippen LogP contribution in [-0.2, 0) is 11.3 Å². The third-order valence-electron chi connectivity index (χ3n) is 4.83. The van der Waals surface area contributed by atoms with Crippen molar-refractivity contribution in [1.82, 2.24) is 14.7 Å². The molecular weight excluding hydrogens is 346 g/mol. The molecule has 0 saturated carbocycles. The van der Waals surface area contributed by atoms with Gasteiger partial charge in [-0.05, 0) is 24.6 Å². The summed E-state index contributed by atoms with van der Waals surface area (Å²) >= 11 is 6.68. The molecule has 5 heteroatoms. The van der Waals surface area contributed by atoms with Gasteiger partial charge >= 0.3 is 0 Å². The lowest BCUT2D eigenvalue weighted by Crippen LogP contribution is -2.37. The van der Waals surface area contributed by atoms with Crippen molar-refractivity contribution in [3.63, 3.8) is 0 Å². The highest BCUT2D eigenvalue weighted by Gasteiger charge is 2.24. The third-order valence-corrected chi connectivity index (χ3v) is 5.21. The molecule has 134 valence electrons. The van der Waals surface area contributed by atoms with Crippen LogP contribution >= 0.6 is 11.6 Å². The van der Waals surface area contributed by atoms with Crippen LogP contribution in [0.25, 0.3) is 5.69 Å². The van der Waals surface area contributed by atoms with Crippen molar-refractivity contribution in [1.29, 1.82) is 0 Å². The predicted octanol–water partition coefficient (Wildman–Crippen LogP) is 4.41. The lowest BCUT2D eigenvalue weighted by atomic mass is 10.1. The Bertz CT molecular complexity index is 864. The zero-order chi connectivity index (χ0) is 17.9. The Morgan fingerprint density at radius 2 is 1.77 bits per heavy atom. The van der Waals surface area contributed by atoms with Crippen molar-refractivity contribution in [2.24, 2.45) is 0 Å². The standard InChI is InChI=1S/C21H22ClN3O/c1-16-19(21(22)25(23-16)18-10-6-3-7-11-18)14-24-12-13-26-20(15-24)17-8-4-2-5-9-17/h2-11,20H,12-15H2,1H3. The second-order valence-corrected chi connectivity index (χ2v) is 6.97. The van der Waals surface area contributed by atoms with Gasteiger partial charge < -0.3 is 4.74 Å². The summed E-state index contributed by atoms with van der Waals surface area (Å²) in [6.45, 7) is 5.29. The van der Waals surface area contributed by atoms with E-state index in [9.17, 15) is 0 Å². The van der Waals surface area contributed by atoms with Gasteiger partial charge in [-0.1, -0.05) is 60.1 Å². The molecule has 4 rings (SSSR count). The Kier molecular flexibility index (Phi) is 5.07. The van der Waals surface area contributed by atoms with Gasteiger partial charge in [0.05, 0.1) is 24.1 Å². The summed E-state index contributed by atoms with van der Waals surface area (Å²) in [5.41, 5.74) is 4.27. The Labute approximate surface area is 159 Å². The average molecular weight is 368 g/mol. The van der Waals surface area contributed by atoms with Crippen molar-refractivity contribution >= 4 is 11.6 Å². The lowest BCUT2D eigenvalue weighted by Gasteiger charge is -2.33. The number of nitrogens with zero attached hydrogens (tertiary/aromatic N) is 3. The highest BCUT2D eigenvalue weighted by atomic mass is 35.5. The number of hydrogen-bond donors (Lipinski definition) is 0. The second kappa shape index (κ2) is 7.62. The highest BCUT2D eigenvalue weighted by Crippen LogP contribution is 2.28. The average Bonchev–Trinajstić information content (AvgIpc) is 2.98. The van der Waals surface area contributed by atoms with Crippen LogP contribution in [0.3, 0.4) is 0 Å². The molecular formula is C21H22ClN3O. The maximum atomic E-state index is 6.68. The Morgan fingerprint density at radius 1 is 1.08 bits per heavy atom. The normalized spacial score (nSPS) is 18.2. The summed E-state index contributed by atoms with van der Waals surface area (Å²) in [5.74, 6) is 0. The Hall–Kier alpha value is -2.14. The number of aryl methyl sites for hydroxylation is 1. The number of benzene rings is 2. The van der Waals surface area contributed by atoms with Crippen molar-refractivity contribution < 1.29 is 4.74 Å². The molecule has 1 saturated heterocycles. The van der Waals surface area contributed by atoms with E-state index in [2.05, 4.69) is 34.3 Å². The quantitative estimate of drug-likeness (QED) is 0.684. The molecule has 1 aliphatic rings. The number of halogens is 1. The molecule has 0 bridgehead atoms. The van der Waals surface area contributed by atoms with Gasteiger partial charge in [0.15, 0.2) is 0 Å². The molecule has 1 fully saturated rings. The molecule has 4 nitrogen and oxygen atoms in total. The summed E-state index contributed by atoms with van der Waals surface area (Å²) in [6.07, 6.45) is 0.105. The first-order valence-corrected chi connectivity index (χ1v) is 9.28. The zero-order valence-corrected chi connectivity index (χ0v) is 15.6. The van der Waals surface area contributed by atoms with Gasteiger partial charge in [-0.25, -0.2) is 4.68 Å². The molecule has 26 heavy (non-hydrogen) atoms. The van der Waals surface area contributed by atoms with Gasteiger partial charge in [0.25, 0.3) is 0 Å². The lowest BCUT2D eigenvalue weighted by molar-refractivity contribution is -0.0329. The van der Waals surface area contributed by atoms with Crippen molar-refractivity contribution in [3.05, 3.63) is 82.6 Å². The zero-order valence-electron chi connectivity index (χ0n) is 14.8. The molecule has 0 spiro atoms. The largest absolute Gasteiger partial charge is 0.371 e. The minimum atomic E-state index is 0.105. The number of hydrogen-bond acceptors (Lipinski definition) is 3. The van der Waals surface area contributed by atoms with Gasteiger partial charge in [0.2, 0.25) is 0 Å². The smallest absolute Gasteiger partial charge is 0.137 e. The first kappa shape index (κ1) is 17.3. The molecule has 1 unspecified atom stereocenters. The van der Waals surface area contributed by atoms with E-state index in [0.717, 1.165) is 43.2 Å². The maximum Gasteiger partial charge on any atom is 0.137 e. The topological polar surface area (TPSA) is 30.3 Å². The summed E-state index contributed by atoms with van der Waals surface area (Å²) in [6, 6.07) is 20.4. The molecule has 2 aromatic carbocycles. The summed E-state index contributed by atoms with van der Waals surface area (Å²) in [7, 11) is 0. The van der Waals surface area contributed by atoms with E-state index in [1.165, 1.54) is 5.56 Å². The van der Waals surface area contributed by atoms with Gasteiger partial charge in [-0.15, -0.1) is 0 Å². The minimum Gasteiger partial charge on any atom is -0.371 e. The monoisotopic (exact) mass is 367 g/mol. The van der Waals surface area contributed by atoms with Gasteiger partial charge in [-0.3, -0.25) is 4.90 Å². The van der Waals surface area contributed by atoms with Crippen LogP contribution in [0.5, 0.6) is 0 Å². The molecule has 1 atom stereocenters. The van der Waals surface area contributed by atoms with Crippen LogP contribution in [-0.4, -0.2) is 34.4 Å². The molecule has 0 N–H and O–H groups in total. The third kappa shape index (κ3) is 3.54. The first-order valence-electron chi connectivity index (χ1n) is 8.90. The molecule has 0 aliphatic carbocycles. The molecule has 0 amide bonds. The van der Waals surface area contributed by atoms with E-state index >= 15 is 0 Å². The Morgan fingerprint density at radius 3 is 2.50 bits per heavy atom. The SMILES string of the molecule is Cc1nn(-c2ccccc2)c(Cl)c1CN1CCOC(c2ccccc2)C1. The van der Waals surface area contributed by atoms with Crippen molar-refractivity contribution in [2.45, 2.75) is 19.6 Å². The summed E-state index contributed by atoms with van der Waals surface area (Å²) in [4.78, 5) is 2.40. The van der Waals surface area contributed by atoms with E-state index in [1.807, 2.05) is 48.0 Å². The van der Waals surface area contributed by atoms with Crippen LogP contribution in [0.1, 0.15) is 22.9 Å². The van der Waals surface area contributed by atoms with E-state index in [0.29, 0.717) is 5.15 Å². The first-order chi connectivity index (χ1) is 12.7. The van der Waals surface area contributed by atoms with Gasteiger partial charge in [-0.2, -0.15) is 5.10 Å². The van der Waals surface area contributed by atoms with Crippen molar-refractivity contribution in [2.75, 3.05) is 19.7 Å². The van der Waals surface area contributed by atoms with Crippen LogP contribution in [0.4, 0.5) is 0 Å². The molecule has 1 aliphatic heterocycles. The summed E-state index contributed by atoms with van der Waals surface area (Å²) in [5, 5.41) is 5.34. The van der Waals surface area contributed by atoms with Crippen LogP contribution < -0.4 is 0 Å². The fourth-order valence-electron chi connectivity index (χ4n) is 3.39. The summed E-state index contributed by atoms with van der Waals surface area (Å²) < 4.78 is 7.79. The maximum absolute atomic E-state index is 6.68. The van der Waals surface area contributed by atoms with E-state index < -0.39 is 0 Å². The second-order valence-electron chi connectivity index (χ2n) is 6.61. The fraction of sp³-hybridized carbons (Fsp3) is 0.286. The van der Waals surface area contributed by atoms with Crippen LogP contribution in [0.15, 0.2) is 60.7 Å². The van der Waals surface area contributed by atoms with E-state index in [1.54, 1.807) is 0 Å². The van der Waals surface area contributed by atoms with Crippen LogP contribution in [0.2, 0.25) is 5.15 Å². The number of para-hydroxylation sites is 1. The predicted molar refractivity (Wildman–Crippen MR) is 104 cm³/mol. The number of ether oxygens (including phenoxy) is 1. The molecule has 3 aromatic rings. The Balaban J connectivity index is 1.53. The van der Waals surface area contributed by atoms with Crippen molar-refractivity contribution in [3.8, 4) is 5.69 Å². The minimum absolute atomic E-state index is 0.105. The van der Waals surface area contributed by atoms with Gasteiger partial charge in [0.1, 0.15) is 5.15 Å². The van der Waals surface area contributed by atoms with E-state index in [-0.39, 0.29) is 6.10 Å². The molecule has 0 radical (unpaired) electrons. The van der Waals surface area contributed by atoms with E-state index in [4.69, 9.17) is 16.3 Å². The van der Waals surface area contributed by atoms with Crippen LogP contribution in [0, 0.1) is 6.92 Å². The number of aromatic nitrogens is 2. The fourth-order valence-corrected chi connectivity index (χ4v) is 3.72.